The van der Waals surface area contributed by atoms with Crippen LogP contribution in [0.1, 0.15) is 31.4 Å². The number of hydrogen-bond donors (Lipinski definition) is 2. The zero-order valence-corrected chi connectivity index (χ0v) is 12.8. The number of benzene rings is 1. The first-order chi connectivity index (χ1) is 10.1. The van der Waals surface area contributed by atoms with Crippen molar-refractivity contribution in [3.8, 4) is 11.8 Å². The van der Waals surface area contributed by atoms with Crippen molar-refractivity contribution in [3.05, 3.63) is 51.0 Å². The van der Waals surface area contributed by atoms with Gasteiger partial charge >= 0.3 is 0 Å². The second-order valence-corrected chi connectivity index (χ2v) is 5.88. The smallest absolute Gasteiger partial charge is 0.252 e. The average Bonchev–Trinajstić information content (AvgIpc) is 2.89. The van der Waals surface area contributed by atoms with Gasteiger partial charge in [0.2, 0.25) is 0 Å². The van der Waals surface area contributed by atoms with E-state index in [1.807, 2.05) is 19.9 Å². The van der Waals surface area contributed by atoms with Crippen LogP contribution in [0.4, 0.5) is 0 Å². The largest absolute Gasteiger partial charge is 0.384 e. The molecule has 5 heteroatoms. The Morgan fingerprint density at radius 2 is 2.24 bits per heavy atom. The van der Waals surface area contributed by atoms with Crippen LogP contribution in [0.15, 0.2) is 24.4 Å². The van der Waals surface area contributed by atoms with E-state index in [0.717, 1.165) is 15.4 Å². The zero-order valence-electron chi connectivity index (χ0n) is 11.9. The molecule has 2 aromatic rings. The molecule has 108 valence electrons. The van der Waals surface area contributed by atoms with Crippen LogP contribution in [0.25, 0.3) is 0 Å². The molecule has 0 aliphatic rings. The molecule has 0 saturated carbocycles. The maximum Gasteiger partial charge on any atom is 0.252 e. The molecule has 2 N–H and O–H groups in total. The van der Waals surface area contributed by atoms with Gasteiger partial charge in [0.05, 0.1) is 12.1 Å². The van der Waals surface area contributed by atoms with Gasteiger partial charge in [0.1, 0.15) is 11.6 Å². The number of carbonyl (C=O) groups excluding carboxylic acids is 1. The van der Waals surface area contributed by atoms with Crippen LogP contribution in [0, 0.1) is 25.7 Å². The fourth-order valence-electron chi connectivity index (χ4n) is 1.82. The molecule has 21 heavy (non-hydrogen) atoms. The highest BCUT2D eigenvalue weighted by atomic mass is 32.1. The van der Waals surface area contributed by atoms with Crippen LogP contribution in [0.3, 0.4) is 0 Å². The molecule has 0 saturated heterocycles. The summed E-state index contributed by atoms with van der Waals surface area (Å²) in [6.07, 6.45) is 1.79. The predicted octanol–water partition coefficient (Wildman–Crippen LogP) is 2.03. The number of aromatic nitrogens is 1. The van der Waals surface area contributed by atoms with Crippen molar-refractivity contribution in [3.63, 3.8) is 0 Å². The van der Waals surface area contributed by atoms with E-state index < -0.39 is 0 Å². The van der Waals surface area contributed by atoms with Crippen molar-refractivity contribution < 1.29 is 9.90 Å². The lowest BCUT2D eigenvalue weighted by atomic mass is 10.0. The zero-order chi connectivity index (χ0) is 15.2. The molecule has 0 bridgehead atoms. The van der Waals surface area contributed by atoms with Crippen molar-refractivity contribution in [1.29, 1.82) is 0 Å². The molecule has 1 aromatic carbocycles. The van der Waals surface area contributed by atoms with Gasteiger partial charge in [-0.2, -0.15) is 0 Å². The fraction of sp³-hybridized carbons (Fsp3) is 0.250. The summed E-state index contributed by atoms with van der Waals surface area (Å²) in [6.45, 7) is 4.07. The summed E-state index contributed by atoms with van der Waals surface area (Å²) in [6, 6.07) is 5.48. The third-order valence-corrected chi connectivity index (χ3v) is 3.70. The normalized spacial score (nSPS) is 9.86. The molecular formula is C16H16N2O2S. The standard InChI is InChI=1S/C16H16N2O2S/c1-11-5-6-13(4-3-7-19)14(8-11)16(20)18-10-15-17-9-12(2)21-15/h5-6,8-9,19H,7,10H2,1-2H3,(H,18,20). The van der Waals surface area contributed by atoms with Gasteiger partial charge in [-0.25, -0.2) is 4.98 Å². The van der Waals surface area contributed by atoms with Crippen LogP contribution in [-0.4, -0.2) is 22.6 Å². The van der Waals surface area contributed by atoms with Gasteiger partial charge in [0.15, 0.2) is 0 Å². The summed E-state index contributed by atoms with van der Waals surface area (Å²) in [5.74, 6) is 5.18. The Morgan fingerprint density at radius 3 is 2.90 bits per heavy atom. The monoisotopic (exact) mass is 300 g/mol. The maximum atomic E-state index is 12.3. The molecule has 0 fully saturated rings. The van der Waals surface area contributed by atoms with E-state index in [-0.39, 0.29) is 12.5 Å². The quantitative estimate of drug-likeness (QED) is 0.853. The van der Waals surface area contributed by atoms with E-state index in [4.69, 9.17) is 5.11 Å². The Labute approximate surface area is 127 Å². The minimum Gasteiger partial charge on any atom is -0.384 e. The van der Waals surface area contributed by atoms with Crippen LogP contribution in [0.2, 0.25) is 0 Å². The fourth-order valence-corrected chi connectivity index (χ4v) is 2.55. The van der Waals surface area contributed by atoms with Gasteiger partial charge < -0.3 is 10.4 Å². The first kappa shape index (κ1) is 15.2. The molecule has 0 atom stereocenters. The van der Waals surface area contributed by atoms with Gasteiger partial charge in [-0.3, -0.25) is 4.79 Å². The van der Waals surface area contributed by atoms with Crippen LogP contribution >= 0.6 is 11.3 Å². The second kappa shape index (κ2) is 7.02. The molecule has 2 rings (SSSR count). The number of nitrogens with zero attached hydrogens (tertiary/aromatic N) is 1. The Morgan fingerprint density at radius 1 is 1.43 bits per heavy atom. The van der Waals surface area contributed by atoms with Gasteiger partial charge in [-0.1, -0.05) is 23.5 Å². The number of aliphatic hydroxyl groups excluding tert-OH is 1. The van der Waals surface area contributed by atoms with E-state index >= 15 is 0 Å². The third-order valence-electron chi connectivity index (χ3n) is 2.79. The minimum atomic E-state index is -0.229. The van der Waals surface area contributed by atoms with E-state index in [9.17, 15) is 4.79 Å². The van der Waals surface area contributed by atoms with E-state index in [1.54, 1.807) is 29.7 Å². The Kier molecular flexibility index (Phi) is 5.09. The van der Waals surface area contributed by atoms with E-state index in [2.05, 4.69) is 22.1 Å². The summed E-state index contributed by atoms with van der Waals surface area (Å²) >= 11 is 1.56. The summed E-state index contributed by atoms with van der Waals surface area (Å²) in [5.41, 5.74) is 2.12. The molecule has 0 aliphatic heterocycles. The maximum absolute atomic E-state index is 12.3. The van der Waals surface area contributed by atoms with Crippen molar-refractivity contribution in [1.82, 2.24) is 10.3 Å². The van der Waals surface area contributed by atoms with Gasteiger partial charge in [0.25, 0.3) is 5.91 Å². The van der Waals surface area contributed by atoms with Crippen LogP contribution < -0.4 is 5.32 Å². The van der Waals surface area contributed by atoms with Crippen LogP contribution in [-0.2, 0) is 6.54 Å². The van der Waals surface area contributed by atoms with Crippen LogP contribution in [0.5, 0.6) is 0 Å². The number of nitrogens with one attached hydrogen (secondary N) is 1. The lowest BCUT2D eigenvalue weighted by Gasteiger charge is -2.07. The third kappa shape index (κ3) is 4.15. The molecule has 1 heterocycles. The highest BCUT2D eigenvalue weighted by Gasteiger charge is 2.11. The van der Waals surface area contributed by atoms with Gasteiger partial charge in [-0.05, 0) is 26.0 Å². The molecule has 0 aliphatic carbocycles. The SMILES string of the molecule is Cc1ccc(C#CCO)c(C(=O)NCc2ncc(C)s2)c1. The number of hydrogen-bond acceptors (Lipinski definition) is 4. The number of aryl methyl sites for hydroxylation is 2. The minimum absolute atomic E-state index is 0.186. The molecular weight excluding hydrogens is 284 g/mol. The number of aliphatic hydroxyl groups is 1. The Hall–Kier alpha value is -2.16. The molecule has 0 spiro atoms. The summed E-state index contributed by atoms with van der Waals surface area (Å²) in [4.78, 5) is 17.6. The van der Waals surface area contributed by atoms with Crippen molar-refractivity contribution in [2.24, 2.45) is 0 Å². The average molecular weight is 300 g/mol. The molecule has 1 aromatic heterocycles. The number of thiazole rings is 1. The summed E-state index contributed by atoms with van der Waals surface area (Å²) < 4.78 is 0. The van der Waals surface area contributed by atoms with E-state index in [1.165, 1.54) is 0 Å². The first-order valence-corrected chi connectivity index (χ1v) is 7.31. The topological polar surface area (TPSA) is 62.2 Å². The van der Waals surface area contributed by atoms with Gasteiger partial charge in [-0.15, -0.1) is 11.3 Å². The summed E-state index contributed by atoms with van der Waals surface area (Å²) in [7, 11) is 0. The Bertz CT molecular complexity index is 711. The lowest BCUT2D eigenvalue weighted by molar-refractivity contribution is 0.0950. The number of carbonyl (C=O) groups is 1. The summed E-state index contributed by atoms with van der Waals surface area (Å²) in [5, 5.41) is 12.5. The molecule has 1 amide bonds. The Balaban J connectivity index is 2.15. The number of amides is 1. The van der Waals surface area contributed by atoms with Crippen molar-refractivity contribution >= 4 is 17.2 Å². The highest BCUT2D eigenvalue weighted by Crippen LogP contribution is 2.13. The second-order valence-electron chi connectivity index (χ2n) is 4.56. The molecule has 0 radical (unpaired) electrons. The van der Waals surface area contributed by atoms with E-state index in [0.29, 0.717) is 17.7 Å². The molecule has 0 unspecified atom stereocenters. The molecule has 4 nitrogen and oxygen atoms in total. The lowest BCUT2D eigenvalue weighted by Crippen LogP contribution is -2.23. The van der Waals surface area contributed by atoms with Crippen molar-refractivity contribution in [2.75, 3.05) is 6.61 Å². The number of rotatable bonds is 3. The highest BCUT2D eigenvalue weighted by molar-refractivity contribution is 7.11. The van der Waals surface area contributed by atoms with Crippen molar-refractivity contribution in [2.45, 2.75) is 20.4 Å². The predicted molar refractivity (Wildman–Crippen MR) is 83.2 cm³/mol. The van der Waals surface area contributed by atoms with Gasteiger partial charge in [0, 0.05) is 16.6 Å². The first-order valence-electron chi connectivity index (χ1n) is 6.50.